The highest BCUT2D eigenvalue weighted by molar-refractivity contribution is 6.05. The first kappa shape index (κ1) is 19.1. The van der Waals surface area contributed by atoms with Crippen LogP contribution in [-0.4, -0.2) is 27.9 Å². The number of aromatic nitrogens is 2. The molecule has 1 aromatic heterocycles. The molecular formula is C20H25FN4O2. The van der Waals surface area contributed by atoms with E-state index in [0.29, 0.717) is 25.2 Å². The van der Waals surface area contributed by atoms with Gasteiger partial charge in [-0.25, -0.2) is 9.37 Å². The molecule has 0 unspecified atom stereocenters. The number of carbonyl (C=O) groups is 2. The molecule has 2 N–H and O–H groups in total. The Hall–Kier alpha value is -2.70. The number of nitrogens with one attached hydrogen (secondary N) is 2. The lowest BCUT2D eigenvalue weighted by molar-refractivity contribution is 0.0937. The van der Waals surface area contributed by atoms with Gasteiger partial charge in [-0.15, -0.1) is 0 Å². The zero-order chi connectivity index (χ0) is 19.2. The average molecular weight is 372 g/mol. The summed E-state index contributed by atoms with van der Waals surface area (Å²) in [5, 5.41) is 5.56. The highest BCUT2D eigenvalue weighted by Crippen LogP contribution is 2.22. The van der Waals surface area contributed by atoms with Crippen LogP contribution in [0.15, 0.2) is 24.3 Å². The molecule has 0 saturated carbocycles. The van der Waals surface area contributed by atoms with Crippen LogP contribution in [-0.2, 0) is 13.0 Å². The molecule has 1 aliphatic rings. The lowest BCUT2D eigenvalue weighted by Gasteiger charge is -2.17. The zero-order valence-corrected chi connectivity index (χ0v) is 15.6. The van der Waals surface area contributed by atoms with E-state index in [0.717, 1.165) is 37.8 Å². The Labute approximate surface area is 158 Å². The van der Waals surface area contributed by atoms with Crippen molar-refractivity contribution in [1.29, 1.82) is 0 Å². The number of rotatable bonds is 7. The van der Waals surface area contributed by atoms with E-state index in [2.05, 4.69) is 22.5 Å². The van der Waals surface area contributed by atoms with Gasteiger partial charge in [-0.05, 0) is 43.9 Å². The van der Waals surface area contributed by atoms with Crippen LogP contribution < -0.4 is 10.6 Å². The summed E-state index contributed by atoms with van der Waals surface area (Å²) >= 11 is 0. The first-order chi connectivity index (χ1) is 13.1. The summed E-state index contributed by atoms with van der Waals surface area (Å²) in [4.78, 5) is 29.6. The molecule has 0 fully saturated rings. The van der Waals surface area contributed by atoms with Crippen molar-refractivity contribution in [3.63, 3.8) is 0 Å². The van der Waals surface area contributed by atoms with E-state index in [4.69, 9.17) is 0 Å². The molecule has 0 bridgehead atoms. The molecular weight excluding hydrogens is 347 g/mol. The fourth-order valence-electron chi connectivity index (χ4n) is 3.31. The topological polar surface area (TPSA) is 76.0 Å². The number of hydrogen-bond donors (Lipinski definition) is 2. The predicted octanol–water partition coefficient (Wildman–Crippen LogP) is 3.53. The number of hydrogen-bond acceptors (Lipinski definition) is 3. The van der Waals surface area contributed by atoms with Crippen LogP contribution in [0, 0.1) is 5.82 Å². The van der Waals surface area contributed by atoms with E-state index >= 15 is 0 Å². The molecule has 6 nitrogen and oxygen atoms in total. The summed E-state index contributed by atoms with van der Waals surface area (Å²) in [6, 6.07) is 5.71. The van der Waals surface area contributed by atoms with Crippen LogP contribution in [0.2, 0.25) is 0 Å². The first-order valence-corrected chi connectivity index (χ1v) is 9.54. The largest absolute Gasteiger partial charge is 0.349 e. The van der Waals surface area contributed by atoms with E-state index in [1.54, 1.807) is 6.07 Å². The van der Waals surface area contributed by atoms with Crippen molar-refractivity contribution in [1.82, 2.24) is 14.9 Å². The van der Waals surface area contributed by atoms with Crippen molar-refractivity contribution < 1.29 is 14.0 Å². The van der Waals surface area contributed by atoms with Gasteiger partial charge in [0.2, 0.25) is 0 Å². The Balaban J connectivity index is 1.80. The van der Waals surface area contributed by atoms with Crippen molar-refractivity contribution in [3.8, 4) is 0 Å². The molecule has 1 aromatic carbocycles. The minimum atomic E-state index is -0.424. The van der Waals surface area contributed by atoms with Gasteiger partial charge < -0.3 is 15.2 Å². The molecule has 0 spiro atoms. The monoisotopic (exact) mass is 372 g/mol. The van der Waals surface area contributed by atoms with Crippen LogP contribution in [0.1, 0.15) is 65.8 Å². The molecule has 144 valence electrons. The van der Waals surface area contributed by atoms with Gasteiger partial charge in [-0.2, -0.15) is 0 Å². The summed E-state index contributed by atoms with van der Waals surface area (Å²) in [6.07, 6.45) is 5.65. The Morgan fingerprint density at radius 2 is 2.07 bits per heavy atom. The lowest BCUT2D eigenvalue weighted by Crippen LogP contribution is -2.28. The van der Waals surface area contributed by atoms with Crippen molar-refractivity contribution in [2.24, 2.45) is 0 Å². The molecule has 0 radical (unpaired) electrons. The second-order valence-electron chi connectivity index (χ2n) is 6.77. The highest BCUT2D eigenvalue weighted by atomic mass is 19.1. The highest BCUT2D eigenvalue weighted by Gasteiger charge is 2.27. The smallest absolute Gasteiger partial charge is 0.287 e. The van der Waals surface area contributed by atoms with Crippen molar-refractivity contribution in [2.75, 3.05) is 11.9 Å². The molecule has 0 atom stereocenters. The fraction of sp³-hybridized carbons (Fsp3) is 0.450. The second-order valence-corrected chi connectivity index (χ2v) is 6.77. The van der Waals surface area contributed by atoms with E-state index in [9.17, 15) is 14.0 Å². The minimum Gasteiger partial charge on any atom is -0.349 e. The molecule has 0 saturated heterocycles. The number of unbranched alkanes of at least 4 members (excludes halogenated alkanes) is 2. The molecule has 2 amide bonds. The van der Waals surface area contributed by atoms with E-state index in [1.807, 2.05) is 4.57 Å². The van der Waals surface area contributed by atoms with Crippen LogP contribution in [0.25, 0.3) is 0 Å². The number of halogens is 1. The van der Waals surface area contributed by atoms with Gasteiger partial charge in [0.25, 0.3) is 11.8 Å². The summed E-state index contributed by atoms with van der Waals surface area (Å²) < 4.78 is 15.2. The third-order valence-electron chi connectivity index (χ3n) is 4.68. The maximum atomic E-state index is 13.4. The van der Waals surface area contributed by atoms with E-state index in [-0.39, 0.29) is 17.4 Å². The summed E-state index contributed by atoms with van der Waals surface area (Å²) in [6.45, 7) is 3.38. The average Bonchev–Trinajstić information content (AvgIpc) is 3.05. The number of fused-ring (bicyclic) bond motifs is 1. The lowest BCUT2D eigenvalue weighted by atomic mass is 10.1. The number of imidazole rings is 1. The first-order valence-electron chi connectivity index (χ1n) is 9.54. The van der Waals surface area contributed by atoms with E-state index in [1.165, 1.54) is 18.2 Å². The second kappa shape index (κ2) is 8.79. The Bertz CT molecular complexity index is 831. The Kier molecular flexibility index (Phi) is 6.21. The van der Waals surface area contributed by atoms with Gasteiger partial charge >= 0.3 is 0 Å². The van der Waals surface area contributed by atoms with Gasteiger partial charge in [-0.3, -0.25) is 9.59 Å². The number of anilines is 1. The van der Waals surface area contributed by atoms with Crippen molar-refractivity contribution >= 4 is 17.5 Å². The molecule has 1 aliphatic heterocycles. The quantitative estimate of drug-likeness (QED) is 0.730. The third kappa shape index (κ3) is 4.53. The fourth-order valence-corrected chi connectivity index (χ4v) is 3.31. The summed E-state index contributed by atoms with van der Waals surface area (Å²) in [5.41, 5.74) is 1.38. The van der Waals surface area contributed by atoms with Crippen molar-refractivity contribution in [2.45, 2.75) is 52.0 Å². The molecule has 7 heteroatoms. The number of carbonyl (C=O) groups excluding carboxylic acids is 2. The van der Waals surface area contributed by atoms with Crippen molar-refractivity contribution in [3.05, 3.63) is 47.3 Å². The predicted molar refractivity (Wildman–Crippen MR) is 101 cm³/mol. The normalized spacial score (nSPS) is 13.1. The number of benzene rings is 1. The summed E-state index contributed by atoms with van der Waals surface area (Å²) in [5.74, 6) is -0.812. The van der Waals surface area contributed by atoms with Crippen LogP contribution in [0.5, 0.6) is 0 Å². The molecule has 2 aromatic rings. The summed E-state index contributed by atoms with van der Waals surface area (Å²) in [7, 11) is 0. The van der Waals surface area contributed by atoms with Gasteiger partial charge in [-0.1, -0.05) is 25.8 Å². The SMILES string of the molecule is CCCCCNC(=O)c1nc(C(=O)Nc2cccc(F)c2)c2n1CCCC2. The molecule has 2 heterocycles. The maximum Gasteiger partial charge on any atom is 0.287 e. The van der Waals surface area contributed by atoms with Gasteiger partial charge in [0.05, 0.1) is 5.69 Å². The molecule has 0 aliphatic carbocycles. The van der Waals surface area contributed by atoms with Crippen LogP contribution >= 0.6 is 0 Å². The van der Waals surface area contributed by atoms with Gasteiger partial charge in [0.1, 0.15) is 5.82 Å². The van der Waals surface area contributed by atoms with Gasteiger partial charge in [0.15, 0.2) is 11.5 Å². The van der Waals surface area contributed by atoms with Gasteiger partial charge in [0, 0.05) is 18.8 Å². The minimum absolute atomic E-state index is 0.248. The Morgan fingerprint density at radius 1 is 1.22 bits per heavy atom. The molecule has 3 rings (SSSR count). The van der Waals surface area contributed by atoms with E-state index < -0.39 is 11.7 Å². The standard InChI is InChI=1S/C20H25FN4O2/c1-2-3-5-11-22-20(27)18-24-17(16-10-4-6-12-25(16)18)19(26)23-15-9-7-8-14(21)13-15/h7-9,13H,2-6,10-12H2,1H3,(H,22,27)(H,23,26). The third-order valence-corrected chi connectivity index (χ3v) is 4.68. The Morgan fingerprint density at radius 3 is 2.85 bits per heavy atom. The van der Waals surface area contributed by atoms with Crippen LogP contribution in [0.3, 0.4) is 0 Å². The number of nitrogens with zero attached hydrogens (tertiary/aromatic N) is 2. The molecule has 27 heavy (non-hydrogen) atoms. The maximum absolute atomic E-state index is 13.4. The zero-order valence-electron chi connectivity index (χ0n) is 15.6. The van der Waals surface area contributed by atoms with Crippen LogP contribution in [0.4, 0.5) is 10.1 Å². The number of amides is 2.